The Labute approximate surface area is 212 Å². The number of hydrogen-bond acceptors (Lipinski definition) is 6. The van der Waals surface area contributed by atoms with Gasteiger partial charge in [-0.05, 0) is 60.7 Å². The predicted octanol–water partition coefficient (Wildman–Crippen LogP) is 5.31. The number of thioether (sulfide) groups is 1. The first kappa shape index (κ1) is 24.4. The van der Waals surface area contributed by atoms with Gasteiger partial charge in [-0.1, -0.05) is 48.0 Å². The zero-order chi connectivity index (χ0) is 24.8. The molecule has 0 atom stereocenters. The molecule has 4 rings (SSSR count). The van der Waals surface area contributed by atoms with Crippen molar-refractivity contribution >= 4 is 52.1 Å². The van der Waals surface area contributed by atoms with E-state index in [0.29, 0.717) is 45.5 Å². The topological polar surface area (TPSA) is 103 Å². The van der Waals surface area contributed by atoms with Crippen LogP contribution in [0, 0.1) is 0 Å². The molecule has 3 aromatic rings. The Hall–Kier alpha value is -3.75. The standard InChI is InChI=1S/C26H22ClN3O4S/c1-2-33-22-13-16(11-12-21(22)34-15-17-7-3-5-9-19(17)27)14-23-25(32)30-26(35-23)29-20-10-6-4-8-18(20)24(28)31/h3-14H,2,15H2,1H3,(H2,28,31)(H,29,30,32)/b23-14-. The lowest BCUT2D eigenvalue weighted by Crippen LogP contribution is -2.19. The normalized spacial score (nSPS) is 15.3. The van der Waals surface area contributed by atoms with Gasteiger partial charge in [0.25, 0.3) is 11.8 Å². The fourth-order valence-corrected chi connectivity index (χ4v) is 4.32. The van der Waals surface area contributed by atoms with Gasteiger partial charge in [-0.3, -0.25) is 9.59 Å². The summed E-state index contributed by atoms with van der Waals surface area (Å²) in [4.78, 5) is 29.0. The largest absolute Gasteiger partial charge is 0.490 e. The third-order valence-corrected chi connectivity index (χ3v) is 6.23. The zero-order valence-corrected chi connectivity index (χ0v) is 20.4. The SMILES string of the molecule is CCOc1cc(/C=C2\SC(=Nc3ccccc3C(N)=O)NC2=O)ccc1OCc1ccccc1Cl. The quantitative estimate of drug-likeness (QED) is 0.402. The first-order valence-electron chi connectivity index (χ1n) is 10.8. The van der Waals surface area contributed by atoms with Crippen LogP contribution in [-0.2, 0) is 11.4 Å². The molecular weight excluding hydrogens is 486 g/mol. The third kappa shape index (κ3) is 6.03. The summed E-state index contributed by atoms with van der Waals surface area (Å²) in [7, 11) is 0. The van der Waals surface area contributed by atoms with Crippen LogP contribution in [-0.4, -0.2) is 23.6 Å². The number of halogens is 1. The van der Waals surface area contributed by atoms with E-state index in [1.165, 1.54) is 11.8 Å². The molecule has 35 heavy (non-hydrogen) atoms. The van der Waals surface area contributed by atoms with Crippen molar-refractivity contribution < 1.29 is 19.1 Å². The van der Waals surface area contributed by atoms with Gasteiger partial charge in [0.2, 0.25) is 0 Å². The number of rotatable bonds is 8. The Bertz CT molecular complexity index is 1340. The predicted molar refractivity (Wildman–Crippen MR) is 139 cm³/mol. The van der Waals surface area contributed by atoms with Crippen LogP contribution in [0.1, 0.15) is 28.4 Å². The van der Waals surface area contributed by atoms with E-state index in [-0.39, 0.29) is 11.5 Å². The highest BCUT2D eigenvalue weighted by atomic mass is 35.5. The Balaban J connectivity index is 1.54. The summed E-state index contributed by atoms with van der Waals surface area (Å²) in [6, 6.07) is 19.6. The Morgan fingerprint density at radius 3 is 2.63 bits per heavy atom. The molecule has 3 aromatic carbocycles. The van der Waals surface area contributed by atoms with Gasteiger partial charge in [-0.25, -0.2) is 4.99 Å². The number of benzene rings is 3. The van der Waals surface area contributed by atoms with Crippen molar-refractivity contribution in [3.63, 3.8) is 0 Å². The minimum atomic E-state index is -0.588. The smallest absolute Gasteiger partial charge is 0.264 e. The van der Waals surface area contributed by atoms with E-state index in [2.05, 4.69) is 10.3 Å². The molecule has 0 radical (unpaired) electrons. The van der Waals surface area contributed by atoms with Crippen molar-refractivity contribution in [1.82, 2.24) is 5.32 Å². The van der Waals surface area contributed by atoms with Gasteiger partial charge in [-0.2, -0.15) is 0 Å². The van der Waals surface area contributed by atoms with Crippen molar-refractivity contribution in [3.05, 3.63) is 93.3 Å². The molecule has 7 nitrogen and oxygen atoms in total. The number of hydrogen-bond donors (Lipinski definition) is 2. The number of nitrogens with two attached hydrogens (primary N) is 1. The van der Waals surface area contributed by atoms with Gasteiger partial charge in [0.15, 0.2) is 16.7 Å². The second-order valence-electron chi connectivity index (χ2n) is 7.38. The van der Waals surface area contributed by atoms with E-state index in [9.17, 15) is 9.59 Å². The highest BCUT2D eigenvalue weighted by Crippen LogP contribution is 2.33. The Morgan fingerprint density at radius 1 is 1.09 bits per heavy atom. The maximum atomic E-state index is 12.5. The summed E-state index contributed by atoms with van der Waals surface area (Å²) in [6.07, 6.45) is 1.74. The van der Waals surface area contributed by atoms with Gasteiger partial charge < -0.3 is 20.5 Å². The van der Waals surface area contributed by atoms with E-state index in [1.54, 1.807) is 36.4 Å². The molecular formula is C26H22ClN3O4S. The second kappa shape index (κ2) is 11.1. The third-order valence-electron chi connectivity index (χ3n) is 4.95. The molecule has 178 valence electrons. The molecule has 1 heterocycles. The van der Waals surface area contributed by atoms with E-state index in [1.807, 2.05) is 43.3 Å². The van der Waals surface area contributed by atoms with Crippen molar-refractivity contribution in [1.29, 1.82) is 0 Å². The fourth-order valence-electron chi connectivity index (χ4n) is 3.29. The van der Waals surface area contributed by atoms with E-state index in [4.69, 9.17) is 26.8 Å². The van der Waals surface area contributed by atoms with Gasteiger partial charge in [-0.15, -0.1) is 0 Å². The molecule has 0 bridgehead atoms. The number of para-hydroxylation sites is 1. The minimum absolute atomic E-state index is 0.279. The number of primary amides is 1. The Kier molecular flexibility index (Phi) is 7.74. The van der Waals surface area contributed by atoms with Crippen LogP contribution in [0.15, 0.2) is 76.6 Å². The van der Waals surface area contributed by atoms with Crippen molar-refractivity contribution in [2.24, 2.45) is 10.7 Å². The van der Waals surface area contributed by atoms with E-state index < -0.39 is 5.91 Å². The van der Waals surface area contributed by atoms with Crippen molar-refractivity contribution in [3.8, 4) is 11.5 Å². The molecule has 0 spiro atoms. The van der Waals surface area contributed by atoms with E-state index in [0.717, 1.165) is 11.1 Å². The molecule has 2 amide bonds. The number of nitrogens with zero attached hydrogens (tertiary/aromatic N) is 1. The van der Waals surface area contributed by atoms with Crippen LogP contribution in [0.4, 0.5) is 5.69 Å². The van der Waals surface area contributed by atoms with Crippen LogP contribution in [0.5, 0.6) is 11.5 Å². The second-order valence-corrected chi connectivity index (χ2v) is 8.82. The number of amidine groups is 1. The molecule has 0 saturated carbocycles. The van der Waals surface area contributed by atoms with Crippen LogP contribution in [0.25, 0.3) is 6.08 Å². The summed E-state index contributed by atoms with van der Waals surface area (Å²) in [5.74, 6) is 0.252. The van der Waals surface area contributed by atoms with E-state index >= 15 is 0 Å². The summed E-state index contributed by atoms with van der Waals surface area (Å²) in [5, 5.41) is 3.71. The fraction of sp³-hybridized carbons (Fsp3) is 0.115. The number of carbonyl (C=O) groups excluding carboxylic acids is 2. The molecule has 1 fully saturated rings. The van der Waals surface area contributed by atoms with Crippen molar-refractivity contribution in [2.45, 2.75) is 13.5 Å². The maximum absolute atomic E-state index is 12.5. The summed E-state index contributed by atoms with van der Waals surface area (Å²) >= 11 is 7.39. The van der Waals surface area contributed by atoms with Crippen LogP contribution in [0.2, 0.25) is 5.02 Å². The molecule has 1 aliphatic rings. The highest BCUT2D eigenvalue weighted by Gasteiger charge is 2.24. The maximum Gasteiger partial charge on any atom is 0.264 e. The molecule has 1 aliphatic heterocycles. The first-order valence-corrected chi connectivity index (χ1v) is 12.0. The summed E-state index contributed by atoms with van der Waals surface area (Å²) in [6.45, 7) is 2.63. The summed E-state index contributed by atoms with van der Waals surface area (Å²) < 4.78 is 11.7. The molecule has 9 heteroatoms. The average Bonchev–Trinajstić information content (AvgIpc) is 3.18. The average molecular weight is 508 g/mol. The molecule has 3 N–H and O–H groups in total. The molecule has 0 aromatic heterocycles. The molecule has 1 saturated heterocycles. The number of carbonyl (C=O) groups is 2. The van der Waals surface area contributed by atoms with Crippen LogP contribution >= 0.6 is 23.4 Å². The van der Waals surface area contributed by atoms with Gasteiger partial charge in [0, 0.05) is 10.6 Å². The van der Waals surface area contributed by atoms with Crippen molar-refractivity contribution in [2.75, 3.05) is 6.61 Å². The van der Waals surface area contributed by atoms with Gasteiger partial charge >= 0.3 is 0 Å². The van der Waals surface area contributed by atoms with Crippen LogP contribution in [0.3, 0.4) is 0 Å². The first-order chi connectivity index (χ1) is 16.9. The van der Waals surface area contributed by atoms with Crippen LogP contribution < -0.4 is 20.5 Å². The van der Waals surface area contributed by atoms with Gasteiger partial charge in [0.05, 0.1) is 22.8 Å². The monoisotopic (exact) mass is 507 g/mol. The lowest BCUT2D eigenvalue weighted by Gasteiger charge is -2.13. The minimum Gasteiger partial charge on any atom is -0.490 e. The lowest BCUT2D eigenvalue weighted by atomic mass is 10.2. The molecule has 0 unspecified atom stereocenters. The number of amides is 2. The molecule has 0 aliphatic carbocycles. The number of nitrogens with one attached hydrogen (secondary N) is 1. The number of ether oxygens (including phenoxy) is 2. The van der Waals surface area contributed by atoms with Gasteiger partial charge in [0.1, 0.15) is 6.61 Å². The number of aliphatic imine (C=N–C) groups is 1. The zero-order valence-electron chi connectivity index (χ0n) is 18.8. The highest BCUT2D eigenvalue weighted by molar-refractivity contribution is 8.18. The lowest BCUT2D eigenvalue weighted by molar-refractivity contribution is -0.115. The summed E-state index contributed by atoms with van der Waals surface area (Å²) in [5.41, 5.74) is 7.71. The Morgan fingerprint density at radius 2 is 1.86 bits per heavy atom.